The molecule has 4 nitrogen and oxygen atoms in total. The number of nitriles is 1. The topological polar surface area (TPSA) is 62.1 Å². The standard InChI is InChI=1S/C17H16N2O2/c1-21-12-14-3-2-4-15(11-14)17(20)19-16-7-5-13(6-8-16)9-10-18/h2-8,11H,9,12H2,1H3,(H,19,20). The lowest BCUT2D eigenvalue weighted by atomic mass is 10.1. The number of nitrogens with zero attached hydrogens (tertiary/aromatic N) is 1. The highest BCUT2D eigenvalue weighted by Crippen LogP contribution is 2.13. The number of methoxy groups -OCH3 is 1. The first-order valence-electron chi connectivity index (χ1n) is 6.58. The molecule has 0 radical (unpaired) electrons. The molecule has 0 aliphatic carbocycles. The smallest absolute Gasteiger partial charge is 0.255 e. The van der Waals surface area contributed by atoms with Crippen molar-refractivity contribution in [1.82, 2.24) is 0 Å². The summed E-state index contributed by atoms with van der Waals surface area (Å²) in [5.41, 5.74) is 3.18. The van der Waals surface area contributed by atoms with E-state index in [4.69, 9.17) is 10.00 Å². The third-order valence-electron chi connectivity index (χ3n) is 3.00. The molecular formula is C17H16N2O2. The average Bonchev–Trinajstić information content (AvgIpc) is 2.50. The molecular weight excluding hydrogens is 264 g/mol. The molecule has 0 saturated carbocycles. The average molecular weight is 280 g/mol. The van der Waals surface area contributed by atoms with Crippen molar-refractivity contribution < 1.29 is 9.53 Å². The van der Waals surface area contributed by atoms with Crippen molar-refractivity contribution in [3.63, 3.8) is 0 Å². The van der Waals surface area contributed by atoms with Gasteiger partial charge < -0.3 is 10.1 Å². The zero-order chi connectivity index (χ0) is 15.1. The van der Waals surface area contributed by atoms with E-state index in [1.807, 2.05) is 30.3 Å². The van der Waals surface area contributed by atoms with Gasteiger partial charge in [-0.25, -0.2) is 0 Å². The molecule has 0 unspecified atom stereocenters. The highest BCUT2D eigenvalue weighted by Gasteiger charge is 2.06. The first kappa shape index (κ1) is 14.8. The van der Waals surface area contributed by atoms with E-state index in [2.05, 4.69) is 11.4 Å². The zero-order valence-electron chi connectivity index (χ0n) is 11.8. The highest BCUT2D eigenvalue weighted by molar-refractivity contribution is 6.04. The van der Waals surface area contributed by atoms with Crippen LogP contribution in [-0.2, 0) is 17.8 Å². The van der Waals surface area contributed by atoms with Crippen molar-refractivity contribution in [1.29, 1.82) is 5.26 Å². The molecule has 2 aromatic carbocycles. The minimum Gasteiger partial charge on any atom is -0.380 e. The molecule has 0 atom stereocenters. The van der Waals surface area contributed by atoms with Gasteiger partial charge in [0.05, 0.1) is 19.1 Å². The molecule has 106 valence electrons. The van der Waals surface area contributed by atoms with Gasteiger partial charge in [-0.2, -0.15) is 5.26 Å². The molecule has 0 heterocycles. The largest absolute Gasteiger partial charge is 0.380 e. The number of anilines is 1. The van der Waals surface area contributed by atoms with Crippen LogP contribution in [-0.4, -0.2) is 13.0 Å². The number of amides is 1. The SMILES string of the molecule is COCc1cccc(C(=O)Nc2ccc(CC#N)cc2)c1. The van der Waals surface area contributed by atoms with Gasteiger partial charge in [-0.05, 0) is 35.4 Å². The van der Waals surface area contributed by atoms with Gasteiger partial charge in [0.1, 0.15) is 0 Å². The van der Waals surface area contributed by atoms with E-state index in [0.717, 1.165) is 11.1 Å². The quantitative estimate of drug-likeness (QED) is 0.915. The summed E-state index contributed by atoms with van der Waals surface area (Å²) in [4.78, 5) is 12.2. The fourth-order valence-electron chi connectivity index (χ4n) is 1.97. The molecule has 0 spiro atoms. The van der Waals surface area contributed by atoms with Crippen molar-refractivity contribution in [2.45, 2.75) is 13.0 Å². The number of rotatable bonds is 5. The van der Waals surface area contributed by atoms with Crippen molar-refractivity contribution in [2.75, 3.05) is 12.4 Å². The van der Waals surface area contributed by atoms with Crippen LogP contribution >= 0.6 is 0 Å². The van der Waals surface area contributed by atoms with Crippen molar-refractivity contribution >= 4 is 11.6 Å². The maximum absolute atomic E-state index is 12.2. The molecule has 1 amide bonds. The summed E-state index contributed by atoms with van der Waals surface area (Å²) in [6.07, 6.45) is 0.368. The monoisotopic (exact) mass is 280 g/mol. The third kappa shape index (κ3) is 4.16. The number of nitrogens with one attached hydrogen (secondary N) is 1. The molecule has 1 N–H and O–H groups in total. The van der Waals surface area contributed by atoms with E-state index in [1.54, 1.807) is 25.3 Å². The molecule has 0 saturated heterocycles. The third-order valence-corrected chi connectivity index (χ3v) is 3.00. The van der Waals surface area contributed by atoms with Gasteiger partial charge in [-0.3, -0.25) is 4.79 Å². The second-order valence-electron chi connectivity index (χ2n) is 4.62. The Kier molecular flexibility index (Phi) is 5.08. The Balaban J connectivity index is 2.07. The van der Waals surface area contributed by atoms with Gasteiger partial charge in [0.25, 0.3) is 5.91 Å². The van der Waals surface area contributed by atoms with Gasteiger partial charge in [0, 0.05) is 18.4 Å². The molecule has 0 fully saturated rings. The van der Waals surface area contributed by atoms with Crippen LogP contribution in [0.25, 0.3) is 0 Å². The summed E-state index contributed by atoms with van der Waals surface area (Å²) in [6.45, 7) is 0.476. The molecule has 0 bridgehead atoms. The second-order valence-corrected chi connectivity index (χ2v) is 4.62. The lowest BCUT2D eigenvalue weighted by Gasteiger charge is -2.07. The normalized spacial score (nSPS) is 9.90. The maximum Gasteiger partial charge on any atom is 0.255 e. The van der Waals surface area contributed by atoms with Crippen LogP contribution in [0.2, 0.25) is 0 Å². The minimum atomic E-state index is -0.166. The molecule has 2 rings (SSSR count). The first-order chi connectivity index (χ1) is 10.2. The fraction of sp³-hybridized carbons (Fsp3) is 0.176. The Hall–Kier alpha value is -2.64. The lowest BCUT2D eigenvalue weighted by molar-refractivity contribution is 0.102. The minimum absolute atomic E-state index is 0.166. The van der Waals surface area contributed by atoms with Gasteiger partial charge in [-0.1, -0.05) is 24.3 Å². The number of hydrogen-bond donors (Lipinski definition) is 1. The number of hydrogen-bond acceptors (Lipinski definition) is 3. The molecule has 0 aromatic heterocycles. The molecule has 2 aromatic rings. The van der Waals surface area contributed by atoms with E-state index >= 15 is 0 Å². The summed E-state index contributed by atoms with van der Waals surface area (Å²) in [7, 11) is 1.62. The summed E-state index contributed by atoms with van der Waals surface area (Å²) < 4.78 is 5.06. The van der Waals surface area contributed by atoms with Crippen LogP contribution in [0, 0.1) is 11.3 Å². The van der Waals surface area contributed by atoms with Gasteiger partial charge in [-0.15, -0.1) is 0 Å². The van der Waals surface area contributed by atoms with E-state index in [1.165, 1.54) is 0 Å². The Labute approximate surface area is 124 Å². The van der Waals surface area contributed by atoms with Crippen LogP contribution in [0.4, 0.5) is 5.69 Å². The van der Waals surface area contributed by atoms with Crippen LogP contribution in [0.3, 0.4) is 0 Å². The Morgan fingerprint density at radius 1 is 1.19 bits per heavy atom. The van der Waals surface area contributed by atoms with Crippen LogP contribution in [0.15, 0.2) is 48.5 Å². The van der Waals surface area contributed by atoms with Crippen molar-refractivity contribution in [3.8, 4) is 6.07 Å². The fourth-order valence-corrected chi connectivity index (χ4v) is 1.97. The van der Waals surface area contributed by atoms with Crippen LogP contribution in [0.5, 0.6) is 0 Å². The van der Waals surface area contributed by atoms with Gasteiger partial charge in [0.2, 0.25) is 0 Å². The Morgan fingerprint density at radius 2 is 1.95 bits per heavy atom. The number of carbonyl (C=O) groups is 1. The Bertz CT molecular complexity index is 657. The van der Waals surface area contributed by atoms with Crippen LogP contribution in [0.1, 0.15) is 21.5 Å². The van der Waals surface area contributed by atoms with E-state index in [9.17, 15) is 4.79 Å². The predicted molar refractivity (Wildman–Crippen MR) is 80.9 cm³/mol. The summed E-state index contributed by atoms with van der Waals surface area (Å²) >= 11 is 0. The van der Waals surface area contributed by atoms with E-state index < -0.39 is 0 Å². The van der Waals surface area contributed by atoms with Gasteiger partial charge in [0.15, 0.2) is 0 Å². The van der Waals surface area contributed by atoms with Crippen LogP contribution < -0.4 is 5.32 Å². The molecule has 0 aliphatic rings. The summed E-state index contributed by atoms with van der Waals surface area (Å²) in [6, 6.07) is 16.7. The summed E-state index contributed by atoms with van der Waals surface area (Å²) in [5.74, 6) is -0.166. The first-order valence-corrected chi connectivity index (χ1v) is 6.58. The Morgan fingerprint density at radius 3 is 2.62 bits per heavy atom. The maximum atomic E-state index is 12.2. The number of carbonyl (C=O) groups excluding carboxylic acids is 1. The molecule has 0 aliphatic heterocycles. The van der Waals surface area contributed by atoms with Gasteiger partial charge >= 0.3 is 0 Å². The van der Waals surface area contributed by atoms with E-state index in [0.29, 0.717) is 24.3 Å². The predicted octanol–water partition coefficient (Wildman–Crippen LogP) is 3.15. The number of ether oxygens (including phenoxy) is 1. The molecule has 21 heavy (non-hydrogen) atoms. The highest BCUT2D eigenvalue weighted by atomic mass is 16.5. The summed E-state index contributed by atoms with van der Waals surface area (Å²) in [5, 5.41) is 11.5. The zero-order valence-corrected chi connectivity index (χ0v) is 11.8. The number of benzene rings is 2. The van der Waals surface area contributed by atoms with E-state index in [-0.39, 0.29) is 5.91 Å². The van der Waals surface area contributed by atoms with Crippen molar-refractivity contribution in [2.24, 2.45) is 0 Å². The molecule has 4 heteroatoms. The lowest BCUT2D eigenvalue weighted by Crippen LogP contribution is -2.12. The van der Waals surface area contributed by atoms with Crippen molar-refractivity contribution in [3.05, 3.63) is 65.2 Å². The second kappa shape index (κ2) is 7.22.